The van der Waals surface area contributed by atoms with E-state index in [1.54, 1.807) is 6.20 Å². The molecule has 5 heteroatoms. The topological polar surface area (TPSA) is 47.1 Å². The highest BCUT2D eigenvalue weighted by Crippen LogP contribution is 1.98. The molecular formula is C8H14N4S. The molecule has 0 amide bonds. The molecule has 0 atom stereocenters. The van der Waals surface area contributed by atoms with Gasteiger partial charge in [-0.15, -0.1) is 0 Å². The summed E-state index contributed by atoms with van der Waals surface area (Å²) in [6, 6.07) is 0. The first-order valence-electron chi connectivity index (χ1n) is 4.02. The molecule has 0 fully saturated rings. The predicted molar refractivity (Wildman–Crippen MR) is 56.3 cm³/mol. The normalized spacial score (nSPS) is 10.7. The molecule has 1 aromatic rings. The molecule has 0 radical (unpaired) electrons. The number of aryl methyl sites for hydroxylation is 1. The Hall–Kier alpha value is -0.940. The Morgan fingerprint density at radius 2 is 2.46 bits per heavy atom. The first-order chi connectivity index (χ1) is 6.09. The van der Waals surface area contributed by atoms with Crippen LogP contribution in [0.3, 0.4) is 0 Å². The minimum atomic E-state index is 0.511. The highest BCUT2D eigenvalue weighted by molar-refractivity contribution is 7.80. The summed E-state index contributed by atoms with van der Waals surface area (Å²) in [5.74, 6) is 1.01. The van der Waals surface area contributed by atoms with Gasteiger partial charge >= 0.3 is 0 Å². The number of hydrogen-bond donors (Lipinski definition) is 1. The summed E-state index contributed by atoms with van der Waals surface area (Å²) in [5.41, 5.74) is 5.42. The molecule has 13 heavy (non-hydrogen) atoms. The Morgan fingerprint density at radius 3 is 2.92 bits per heavy atom. The van der Waals surface area contributed by atoms with Gasteiger partial charge in [0.2, 0.25) is 0 Å². The number of hydrogen-bond acceptors (Lipinski definition) is 3. The van der Waals surface area contributed by atoms with Crippen LogP contribution in [-0.4, -0.2) is 33.0 Å². The predicted octanol–water partition coefficient (Wildman–Crippen LogP) is 0.138. The molecule has 0 aliphatic heterocycles. The van der Waals surface area contributed by atoms with Crippen LogP contribution >= 0.6 is 12.2 Å². The van der Waals surface area contributed by atoms with Crippen molar-refractivity contribution in [3.05, 3.63) is 18.2 Å². The molecule has 4 nitrogen and oxygen atoms in total. The van der Waals surface area contributed by atoms with Crippen molar-refractivity contribution < 1.29 is 0 Å². The minimum Gasteiger partial charge on any atom is -0.392 e. The van der Waals surface area contributed by atoms with Gasteiger partial charge in [0.25, 0.3) is 0 Å². The summed E-state index contributed by atoms with van der Waals surface area (Å²) in [6.07, 6.45) is 3.70. The van der Waals surface area contributed by atoms with Crippen molar-refractivity contribution in [2.45, 2.75) is 6.54 Å². The molecule has 1 aromatic heterocycles. The monoisotopic (exact) mass is 198 g/mol. The lowest BCUT2D eigenvalue weighted by molar-refractivity contribution is 0.359. The fourth-order valence-corrected chi connectivity index (χ4v) is 1.33. The first-order valence-corrected chi connectivity index (χ1v) is 4.43. The highest BCUT2D eigenvalue weighted by atomic mass is 32.1. The third-order valence-corrected chi connectivity index (χ3v) is 1.89. The van der Waals surface area contributed by atoms with E-state index in [-0.39, 0.29) is 0 Å². The summed E-state index contributed by atoms with van der Waals surface area (Å²) in [4.78, 5) is 6.74. The summed E-state index contributed by atoms with van der Waals surface area (Å²) < 4.78 is 1.98. The first kappa shape index (κ1) is 10.1. The Morgan fingerprint density at radius 1 is 1.77 bits per heavy atom. The van der Waals surface area contributed by atoms with Gasteiger partial charge in [-0.1, -0.05) is 12.2 Å². The molecular weight excluding hydrogens is 184 g/mol. The van der Waals surface area contributed by atoms with Crippen molar-refractivity contribution in [2.75, 3.05) is 13.6 Å². The van der Waals surface area contributed by atoms with E-state index in [0.29, 0.717) is 11.5 Å². The van der Waals surface area contributed by atoms with Crippen molar-refractivity contribution in [3.63, 3.8) is 0 Å². The average molecular weight is 198 g/mol. The lowest BCUT2D eigenvalue weighted by Gasteiger charge is -2.14. The fourth-order valence-electron chi connectivity index (χ4n) is 1.11. The van der Waals surface area contributed by atoms with E-state index in [4.69, 9.17) is 18.0 Å². The third kappa shape index (κ3) is 3.12. The van der Waals surface area contributed by atoms with Gasteiger partial charge in [0.05, 0.1) is 11.5 Å². The van der Waals surface area contributed by atoms with Crippen LogP contribution in [-0.2, 0) is 13.6 Å². The molecule has 1 heterocycles. The van der Waals surface area contributed by atoms with E-state index in [1.165, 1.54) is 0 Å². The zero-order chi connectivity index (χ0) is 9.84. The number of thiocarbonyl (C=S) groups is 1. The number of rotatable bonds is 4. The molecule has 2 N–H and O–H groups in total. The van der Waals surface area contributed by atoms with E-state index < -0.39 is 0 Å². The SMILES string of the molecule is CN(CC(N)=S)Cc1nccn1C. The smallest absolute Gasteiger partial charge is 0.122 e. The van der Waals surface area contributed by atoms with Gasteiger partial charge < -0.3 is 10.3 Å². The molecule has 72 valence electrons. The number of nitrogens with zero attached hydrogens (tertiary/aromatic N) is 3. The fraction of sp³-hybridized carbons (Fsp3) is 0.500. The lowest BCUT2D eigenvalue weighted by Crippen LogP contribution is -2.29. The van der Waals surface area contributed by atoms with Gasteiger partial charge in [-0.3, -0.25) is 4.90 Å². The van der Waals surface area contributed by atoms with Gasteiger partial charge in [-0.25, -0.2) is 4.98 Å². The molecule has 0 bridgehead atoms. The van der Waals surface area contributed by atoms with E-state index >= 15 is 0 Å². The highest BCUT2D eigenvalue weighted by Gasteiger charge is 2.04. The Bertz CT molecular complexity index is 294. The standard InChI is InChI=1S/C8H14N4S/c1-11(5-7(9)13)6-8-10-3-4-12(8)2/h3-4H,5-6H2,1-2H3,(H2,9,13). The van der Waals surface area contributed by atoms with Gasteiger partial charge in [-0.05, 0) is 7.05 Å². The number of nitrogens with two attached hydrogens (primary N) is 1. The van der Waals surface area contributed by atoms with Crippen LogP contribution in [0.25, 0.3) is 0 Å². The third-order valence-electron chi connectivity index (χ3n) is 1.76. The lowest BCUT2D eigenvalue weighted by atomic mass is 10.5. The van der Waals surface area contributed by atoms with Crippen molar-refractivity contribution in [1.29, 1.82) is 0 Å². The van der Waals surface area contributed by atoms with Gasteiger partial charge in [0.1, 0.15) is 5.82 Å². The quantitative estimate of drug-likeness (QED) is 0.699. The van der Waals surface area contributed by atoms with Gasteiger partial charge in [-0.2, -0.15) is 0 Å². The second-order valence-corrected chi connectivity index (χ2v) is 3.62. The number of aromatic nitrogens is 2. The average Bonchev–Trinajstić information content (AvgIpc) is 2.34. The summed E-state index contributed by atoms with van der Waals surface area (Å²) in [5, 5.41) is 0. The molecule has 0 aromatic carbocycles. The van der Waals surface area contributed by atoms with Crippen LogP contribution in [0.2, 0.25) is 0 Å². The summed E-state index contributed by atoms with van der Waals surface area (Å²) in [6.45, 7) is 1.39. The molecule has 0 saturated heterocycles. The van der Waals surface area contributed by atoms with Crippen molar-refractivity contribution >= 4 is 17.2 Å². The van der Waals surface area contributed by atoms with Crippen LogP contribution in [0.1, 0.15) is 5.82 Å². The van der Waals surface area contributed by atoms with Crippen LogP contribution in [0.15, 0.2) is 12.4 Å². The van der Waals surface area contributed by atoms with Crippen LogP contribution in [0.4, 0.5) is 0 Å². The number of imidazole rings is 1. The van der Waals surface area contributed by atoms with Crippen LogP contribution in [0.5, 0.6) is 0 Å². The second-order valence-electron chi connectivity index (χ2n) is 3.09. The Kier molecular flexibility index (Phi) is 3.39. The summed E-state index contributed by atoms with van der Waals surface area (Å²) in [7, 11) is 3.94. The zero-order valence-corrected chi connectivity index (χ0v) is 8.71. The maximum Gasteiger partial charge on any atom is 0.122 e. The molecule has 0 aliphatic rings. The maximum atomic E-state index is 5.42. The maximum absolute atomic E-state index is 5.42. The molecule has 0 unspecified atom stereocenters. The minimum absolute atomic E-state index is 0.511. The zero-order valence-electron chi connectivity index (χ0n) is 7.90. The Labute approximate surface area is 83.4 Å². The van der Waals surface area contributed by atoms with Crippen molar-refractivity contribution in [1.82, 2.24) is 14.5 Å². The van der Waals surface area contributed by atoms with E-state index in [2.05, 4.69) is 4.98 Å². The van der Waals surface area contributed by atoms with E-state index in [9.17, 15) is 0 Å². The molecule has 0 spiro atoms. The van der Waals surface area contributed by atoms with Crippen LogP contribution < -0.4 is 5.73 Å². The van der Waals surface area contributed by atoms with Crippen molar-refractivity contribution in [3.8, 4) is 0 Å². The molecule has 1 rings (SSSR count). The van der Waals surface area contributed by atoms with Crippen LogP contribution in [0, 0.1) is 0 Å². The van der Waals surface area contributed by atoms with E-state index in [1.807, 2.05) is 29.8 Å². The molecule has 0 saturated carbocycles. The van der Waals surface area contributed by atoms with E-state index in [0.717, 1.165) is 12.4 Å². The van der Waals surface area contributed by atoms with Crippen molar-refractivity contribution in [2.24, 2.45) is 12.8 Å². The van der Waals surface area contributed by atoms with Gasteiger partial charge in [0, 0.05) is 26.0 Å². The van der Waals surface area contributed by atoms with Gasteiger partial charge in [0.15, 0.2) is 0 Å². The number of likely N-dealkylation sites (N-methyl/N-ethyl adjacent to an activating group) is 1. The summed E-state index contributed by atoms with van der Waals surface area (Å²) >= 11 is 4.81. The molecule has 0 aliphatic carbocycles. The Balaban J connectivity index is 2.49. The largest absolute Gasteiger partial charge is 0.392 e. The second kappa shape index (κ2) is 4.34.